The maximum absolute atomic E-state index is 2.56. The highest BCUT2D eigenvalue weighted by atomic mass is 15.2. The number of benzene rings is 13. The molecule has 81 heavy (non-hydrogen) atoms. The predicted molar refractivity (Wildman–Crippen MR) is 343 cm³/mol. The number of para-hydroxylation sites is 3. The standard InChI is InChI=1S/C78H55N3/c1-52-24-12-15-37-63(52)55-27-22-35-60(48-55)80(61-36-23-28-56(49-61)64-38-16-13-25-53(64)2)73-51-74-76(71-46-44-54-26-14-17-39-65(54)78(71)81(74)59-33-10-5-11-34-59)77-69-43-21-20-41-67(69)66-40-18-19-42-68(66)72-50-62(45-47-70(72)75(73)77)79(57-29-6-3-7-30-57)58-31-8-4-9-32-58/h3-51H,1-2H3. The Kier molecular flexibility index (Phi) is 11.6. The first-order chi connectivity index (χ1) is 40.1. The van der Waals surface area contributed by atoms with E-state index in [0.717, 1.165) is 73.1 Å². The molecule has 13 aromatic carbocycles. The van der Waals surface area contributed by atoms with Crippen molar-refractivity contribution in [3.63, 3.8) is 0 Å². The van der Waals surface area contributed by atoms with Crippen LogP contribution in [0, 0.1) is 13.8 Å². The Hall–Kier alpha value is -10.5. The summed E-state index contributed by atoms with van der Waals surface area (Å²) in [6.07, 6.45) is 0. The molecule has 1 aromatic heterocycles. The van der Waals surface area contributed by atoms with Gasteiger partial charge < -0.3 is 14.4 Å². The fourth-order valence-electron chi connectivity index (χ4n) is 12.9. The zero-order chi connectivity index (χ0) is 54.0. The summed E-state index contributed by atoms with van der Waals surface area (Å²) in [6.45, 7) is 4.43. The van der Waals surface area contributed by atoms with Crippen LogP contribution in [0.25, 0.3) is 105 Å². The maximum atomic E-state index is 2.56. The highest BCUT2D eigenvalue weighted by Crippen LogP contribution is 2.58. The molecular formula is C78H55N3. The summed E-state index contributed by atoms with van der Waals surface area (Å²) < 4.78 is 2.54. The molecule has 15 rings (SSSR count). The second-order valence-electron chi connectivity index (χ2n) is 21.3. The molecule has 14 aromatic rings. The zero-order valence-corrected chi connectivity index (χ0v) is 45.1. The first-order valence-electron chi connectivity index (χ1n) is 28.0. The van der Waals surface area contributed by atoms with E-state index in [0.29, 0.717) is 0 Å². The first kappa shape index (κ1) is 47.7. The summed E-state index contributed by atoms with van der Waals surface area (Å²) in [6, 6.07) is 110. The van der Waals surface area contributed by atoms with E-state index in [-0.39, 0.29) is 0 Å². The number of aryl methyl sites for hydroxylation is 2. The molecular weight excluding hydrogens is 979 g/mol. The summed E-state index contributed by atoms with van der Waals surface area (Å²) >= 11 is 0. The number of rotatable bonds is 9. The van der Waals surface area contributed by atoms with Gasteiger partial charge in [0.2, 0.25) is 0 Å². The fraction of sp³-hybridized carbons (Fsp3) is 0.0256. The average molecular weight is 1030 g/mol. The van der Waals surface area contributed by atoms with Crippen molar-refractivity contribution < 1.29 is 0 Å². The molecule has 0 fully saturated rings. The van der Waals surface area contributed by atoms with Crippen LogP contribution in [0.5, 0.6) is 0 Å². The van der Waals surface area contributed by atoms with Crippen LogP contribution in [0.15, 0.2) is 297 Å². The van der Waals surface area contributed by atoms with Gasteiger partial charge in [0.25, 0.3) is 0 Å². The van der Waals surface area contributed by atoms with Gasteiger partial charge in [-0.25, -0.2) is 0 Å². The molecule has 0 N–H and O–H groups in total. The molecule has 1 aliphatic rings. The zero-order valence-electron chi connectivity index (χ0n) is 45.1. The molecule has 0 bridgehead atoms. The predicted octanol–water partition coefficient (Wildman–Crippen LogP) is 21.8. The van der Waals surface area contributed by atoms with E-state index in [1.807, 2.05) is 0 Å². The lowest BCUT2D eigenvalue weighted by molar-refractivity contribution is 1.18. The Labute approximate surface area is 473 Å². The smallest absolute Gasteiger partial charge is 0.0619 e. The van der Waals surface area contributed by atoms with Gasteiger partial charge in [-0.1, -0.05) is 218 Å². The summed E-state index contributed by atoms with van der Waals surface area (Å²) in [5.41, 5.74) is 26.4. The van der Waals surface area contributed by atoms with E-state index in [1.54, 1.807) is 0 Å². The van der Waals surface area contributed by atoms with Crippen molar-refractivity contribution in [1.29, 1.82) is 0 Å². The van der Waals surface area contributed by atoms with Gasteiger partial charge in [-0.3, -0.25) is 0 Å². The third kappa shape index (κ3) is 8.04. The maximum Gasteiger partial charge on any atom is 0.0619 e. The SMILES string of the molecule is Cc1ccccc1-c1cccc(N(c2cccc(-c3ccccc3C)c2)c2cc3c(c4c2-c2ccc(N(c5ccccc5)c5ccccc5)cc2-c2ccccc2-c2ccccc2-4)c2ccc4ccccc4c2n3-c2ccccc2)c1. The number of nitrogens with zero attached hydrogens (tertiary/aromatic N) is 3. The van der Waals surface area contributed by atoms with Gasteiger partial charge in [-0.05, 0) is 165 Å². The molecule has 0 saturated carbocycles. The van der Waals surface area contributed by atoms with Crippen molar-refractivity contribution in [2.75, 3.05) is 9.80 Å². The van der Waals surface area contributed by atoms with Crippen LogP contribution in [-0.2, 0) is 0 Å². The van der Waals surface area contributed by atoms with Crippen LogP contribution in [0.2, 0.25) is 0 Å². The van der Waals surface area contributed by atoms with Crippen molar-refractivity contribution in [1.82, 2.24) is 4.57 Å². The van der Waals surface area contributed by atoms with E-state index in [1.165, 1.54) is 77.1 Å². The lowest BCUT2D eigenvalue weighted by atomic mass is 9.78. The van der Waals surface area contributed by atoms with E-state index >= 15 is 0 Å². The van der Waals surface area contributed by atoms with Gasteiger partial charge in [-0.2, -0.15) is 0 Å². The number of aromatic nitrogens is 1. The largest absolute Gasteiger partial charge is 0.310 e. The highest BCUT2D eigenvalue weighted by molar-refractivity contribution is 6.27. The van der Waals surface area contributed by atoms with E-state index in [9.17, 15) is 0 Å². The number of hydrogen-bond acceptors (Lipinski definition) is 2. The normalized spacial score (nSPS) is 11.6. The Morgan fingerprint density at radius 1 is 0.284 bits per heavy atom. The average Bonchev–Trinajstić information content (AvgIpc) is 4.11. The van der Waals surface area contributed by atoms with Crippen LogP contribution in [0.1, 0.15) is 11.1 Å². The van der Waals surface area contributed by atoms with Crippen LogP contribution >= 0.6 is 0 Å². The number of hydrogen-bond donors (Lipinski definition) is 0. The third-order valence-corrected chi connectivity index (χ3v) is 16.6. The number of fused-ring (bicyclic) bond motifs is 14. The Morgan fingerprint density at radius 3 is 1.36 bits per heavy atom. The fourth-order valence-corrected chi connectivity index (χ4v) is 12.9. The van der Waals surface area contributed by atoms with E-state index in [2.05, 4.69) is 325 Å². The second-order valence-corrected chi connectivity index (χ2v) is 21.3. The van der Waals surface area contributed by atoms with Gasteiger partial charge in [0.15, 0.2) is 0 Å². The van der Waals surface area contributed by atoms with Crippen LogP contribution in [0.3, 0.4) is 0 Å². The molecule has 0 atom stereocenters. The van der Waals surface area contributed by atoms with Gasteiger partial charge in [0.05, 0.1) is 16.7 Å². The molecule has 0 saturated heterocycles. The Balaban J connectivity index is 1.15. The van der Waals surface area contributed by atoms with Gasteiger partial charge >= 0.3 is 0 Å². The molecule has 1 aliphatic carbocycles. The lowest BCUT2D eigenvalue weighted by Crippen LogP contribution is -2.14. The molecule has 3 heteroatoms. The summed E-state index contributed by atoms with van der Waals surface area (Å²) in [7, 11) is 0. The minimum Gasteiger partial charge on any atom is -0.310 e. The van der Waals surface area contributed by atoms with Gasteiger partial charge in [0.1, 0.15) is 0 Å². The van der Waals surface area contributed by atoms with E-state index in [4.69, 9.17) is 0 Å². The molecule has 0 radical (unpaired) electrons. The minimum atomic E-state index is 1.06. The van der Waals surface area contributed by atoms with E-state index < -0.39 is 0 Å². The number of anilines is 6. The summed E-state index contributed by atoms with van der Waals surface area (Å²) in [5.74, 6) is 0. The lowest BCUT2D eigenvalue weighted by Gasteiger charge is -2.33. The van der Waals surface area contributed by atoms with Crippen molar-refractivity contribution in [3.8, 4) is 72.4 Å². The highest BCUT2D eigenvalue weighted by Gasteiger charge is 2.33. The van der Waals surface area contributed by atoms with Crippen LogP contribution in [0.4, 0.5) is 34.1 Å². The molecule has 1 heterocycles. The van der Waals surface area contributed by atoms with Crippen molar-refractivity contribution in [3.05, 3.63) is 308 Å². The van der Waals surface area contributed by atoms with Crippen LogP contribution < -0.4 is 9.80 Å². The quantitative estimate of drug-likeness (QED) is 0.143. The monoisotopic (exact) mass is 1030 g/mol. The molecule has 0 unspecified atom stereocenters. The third-order valence-electron chi connectivity index (χ3n) is 16.6. The molecule has 0 aliphatic heterocycles. The topological polar surface area (TPSA) is 11.4 Å². The minimum absolute atomic E-state index is 1.06. The van der Waals surface area contributed by atoms with Crippen LogP contribution in [-0.4, -0.2) is 4.57 Å². The van der Waals surface area contributed by atoms with Gasteiger partial charge in [0, 0.05) is 61.4 Å². The van der Waals surface area contributed by atoms with Crippen molar-refractivity contribution >= 4 is 66.7 Å². The molecule has 0 spiro atoms. The second kappa shape index (κ2) is 19.8. The molecule has 3 nitrogen and oxygen atoms in total. The van der Waals surface area contributed by atoms with Gasteiger partial charge in [-0.15, -0.1) is 0 Å². The Morgan fingerprint density at radius 2 is 0.753 bits per heavy atom. The summed E-state index contributed by atoms with van der Waals surface area (Å²) in [5, 5.41) is 4.81. The van der Waals surface area contributed by atoms with Crippen molar-refractivity contribution in [2.45, 2.75) is 13.8 Å². The first-order valence-corrected chi connectivity index (χ1v) is 28.0. The van der Waals surface area contributed by atoms with Crippen molar-refractivity contribution in [2.24, 2.45) is 0 Å². The molecule has 382 valence electrons. The summed E-state index contributed by atoms with van der Waals surface area (Å²) in [4.78, 5) is 4.95. The molecule has 0 amide bonds. The Bertz CT molecular complexity index is 4600.